The second-order valence-corrected chi connectivity index (χ2v) is 19.2. The summed E-state index contributed by atoms with van der Waals surface area (Å²) >= 11 is 6.73. The van der Waals surface area contributed by atoms with Gasteiger partial charge in [0, 0.05) is 52.5 Å². The number of anilines is 1. The van der Waals surface area contributed by atoms with Crippen molar-refractivity contribution in [2.45, 2.75) is 128 Å². The number of methoxy groups -OCH3 is 1. The summed E-state index contributed by atoms with van der Waals surface area (Å²) in [5.41, 5.74) is 2.21. The number of halogens is 1. The van der Waals surface area contributed by atoms with Crippen molar-refractivity contribution in [1.29, 1.82) is 0 Å². The molecule has 6 atom stereocenters. The van der Waals surface area contributed by atoms with Crippen LogP contribution in [-0.4, -0.2) is 170 Å². The van der Waals surface area contributed by atoms with Crippen molar-refractivity contribution in [2.75, 3.05) is 98.6 Å². The molecule has 0 spiro atoms. The summed E-state index contributed by atoms with van der Waals surface area (Å²) in [6.07, 6.45) is 12.2. The van der Waals surface area contributed by atoms with Crippen LogP contribution in [0.15, 0.2) is 48.1 Å². The van der Waals surface area contributed by atoms with Crippen molar-refractivity contribution in [3.05, 3.63) is 58.7 Å². The molecule has 20 nitrogen and oxygen atoms in total. The second-order valence-electron chi connectivity index (χ2n) is 18.8. The van der Waals surface area contributed by atoms with Gasteiger partial charge in [-0.15, -0.1) is 0 Å². The van der Waals surface area contributed by atoms with Crippen LogP contribution in [0.5, 0.6) is 5.75 Å². The summed E-state index contributed by atoms with van der Waals surface area (Å²) in [7, 11) is 4.45. The van der Waals surface area contributed by atoms with Crippen molar-refractivity contribution in [2.24, 2.45) is 5.92 Å². The van der Waals surface area contributed by atoms with E-state index in [1.165, 1.54) is 31.0 Å². The van der Waals surface area contributed by atoms with Crippen molar-refractivity contribution in [1.82, 2.24) is 20.9 Å². The van der Waals surface area contributed by atoms with Crippen LogP contribution in [0.2, 0.25) is 5.02 Å². The standard InChI is InChI=1S/C53H80ClN5O15/c1-37-14-11-12-15-40-34-44(74-53(66)57-40)38(2)31-43(60)45(35-49(63)59(4)42-32-39(30-37)33-46(67-5)51(42)54)73-50(64)36-58(3)48(62)18-13-20-55-47(61)19-22-68-24-26-70-28-29-71-27-25-69-23-21-56-52(65)72-41-16-9-7-6-8-10-17-41/h6-7,11-12,14,32-33,38,40-41,43-45,60H,8-10,13,15-31,34-36H2,1-5H3,(H,55,61)(H,56,65)(H,57,66)/b7-6+,12-11+,37-14+/t38-,40?,41?,43+,44-,45-/m0/s1. The molecule has 2 heterocycles. The lowest BCUT2D eigenvalue weighted by molar-refractivity contribution is -0.160. The highest BCUT2D eigenvalue weighted by molar-refractivity contribution is 6.35. The highest BCUT2D eigenvalue weighted by atomic mass is 35.5. The minimum absolute atomic E-state index is 0.0263. The van der Waals surface area contributed by atoms with E-state index in [0.29, 0.717) is 89.9 Å². The lowest BCUT2D eigenvalue weighted by Gasteiger charge is -2.35. The number of nitrogens with one attached hydrogen (secondary N) is 3. The van der Waals surface area contributed by atoms with Crippen LogP contribution in [0.4, 0.5) is 15.3 Å². The molecule has 1 aromatic carbocycles. The van der Waals surface area contributed by atoms with Crippen molar-refractivity contribution in [3.63, 3.8) is 0 Å². The number of hydrogen-bond acceptors (Lipinski definition) is 15. The molecule has 1 fully saturated rings. The zero-order valence-electron chi connectivity index (χ0n) is 43.9. The van der Waals surface area contributed by atoms with E-state index in [0.717, 1.165) is 43.2 Å². The first-order valence-corrected chi connectivity index (χ1v) is 26.2. The van der Waals surface area contributed by atoms with Crippen LogP contribution >= 0.6 is 11.6 Å². The molecule has 0 radical (unpaired) electrons. The number of rotatable bonds is 24. The zero-order valence-corrected chi connectivity index (χ0v) is 44.7. The first-order valence-electron chi connectivity index (χ1n) is 25.8. The number of esters is 1. The molecule has 2 aliphatic heterocycles. The number of carbonyl (C=O) groups is 6. The zero-order chi connectivity index (χ0) is 53.7. The highest BCUT2D eigenvalue weighted by Crippen LogP contribution is 2.37. The smallest absolute Gasteiger partial charge is 0.407 e. The number of benzene rings is 1. The number of hydrogen-bond donors (Lipinski definition) is 4. The Morgan fingerprint density at radius 1 is 0.892 bits per heavy atom. The maximum absolute atomic E-state index is 14.0. The van der Waals surface area contributed by atoms with Crippen LogP contribution in [0.1, 0.15) is 96.5 Å². The molecule has 4 bridgehead atoms. The van der Waals surface area contributed by atoms with Crippen molar-refractivity contribution in [3.8, 4) is 5.75 Å². The number of alkyl carbamates (subject to hydrolysis) is 2. The molecule has 4 rings (SSSR count). The molecular formula is C53H80ClN5O15. The van der Waals surface area contributed by atoms with Gasteiger partial charge in [-0.25, -0.2) is 9.59 Å². The van der Waals surface area contributed by atoms with E-state index in [9.17, 15) is 33.9 Å². The molecule has 414 valence electrons. The number of ether oxygens (including phenoxy) is 8. The van der Waals surface area contributed by atoms with E-state index < -0.39 is 55.3 Å². The number of allylic oxidation sites excluding steroid dienone is 5. The van der Waals surface area contributed by atoms with Gasteiger partial charge in [0.15, 0.2) is 0 Å². The molecule has 1 aromatic rings. The Morgan fingerprint density at radius 3 is 2.32 bits per heavy atom. The molecule has 74 heavy (non-hydrogen) atoms. The van der Waals surface area contributed by atoms with Crippen LogP contribution in [0.25, 0.3) is 0 Å². The van der Waals surface area contributed by atoms with E-state index in [2.05, 4.69) is 28.1 Å². The van der Waals surface area contributed by atoms with Gasteiger partial charge in [-0.1, -0.05) is 54.5 Å². The lowest BCUT2D eigenvalue weighted by atomic mass is 9.89. The van der Waals surface area contributed by atoms with Gasteiger partial charge in [0.25, 0.3) is 0 Å². The van der Waals surface area contributed by atoms with Gasteiger partial charge in [-0.2, -0.15) is 0 Å². The van der Waals surface area contributed by atoms with Gasteiger partial charge in [0.2, 0.25) is 17.7 Å². The fourth-order valence-electron chi connectivity index (χ4n) is 8.43. The van der Waals surface area contributed by atoms with Gasteiger partial charge >= 0.3 is 18.2 Å². The van der Waals surface area contributed by atoms with Crippen molar-refractivity contribution < 1.29 is 71.8 Å². The van der Waals surface area contributed by atoms with Crippen molar-refractivity contribution >= 4 is 53.2 Å². The summed E-state index contributed by atoms with van der Waals surface area (Å²) in [5, 5.41) is 20.1. The first-order chi connectivity index (χ1) is 35.6. The number of nitrogens with zero attached hydrogens (tertiary/aromatic N) is 2. The third kappa shape index (κ3) is 23.5. The third-order valence-corrected chi connectivity index (χ3v) is 13.0. The fraction of sp³-hybridized carbons (Fsp3) is 0.660. The Balaban J connectivity index is 1.11. The summed E-state index contributed by atoms with van der Waals surface area (Å²) < 4.78 is 44.4. The van der Waals surface area contributed by atoms with Gasteiger partial charge < -0.3 is 68.8 Å². The summed E-state index contributed by atoms with van der Waals surface area (Å²) in [6.45, 7) is 6.57. The van der Waals surface area contributed by atoms with Crippen LogP contribution in [-0.2, 0) is 58.8 Å². The number of carbonyl (C=O) groups excluding carboxylic acids is 6. The van der Waals surface area contributed by atoms with E-state index in [1.54, 1.807) is 12.1 Å². The molecular weight excluding hydrogens is 982 g/mol. The molecule has 3 aliphatic rings. The number of amides is 5. The minimum atomic E-state index is -1.35. The average molecular weight is 1060 g/mol. The first kappa shape index (κ1) is 61.3. The summed E-state index contributed by atoms with van der Waals surface area (Å²) in [4.78, 5) is 79.9. The van der Waals surface area contributed by atoms with E-state index in [4.69, 9.17) is 49.5 Å². The predicted octanol–water partition coefficient (Wildman–Crippen LogP) is 5.74. The van der Waals surface area contributed by atoms with Gasteiger partial charge in [-0.05, 0) is 88.3 Å². The Kier molecular flexibility index (Phi) is 28.5. The third-order valence-electron chi connectivity index (χ3n) is 12.7. The van der Waals surface area contributed by atoms with Crippen LogP contribution in [0.3, 0.4) is 0 Å². The van der Waals surface area contributed by atoms with Crippen LogP contribution in [0, 0.1) is 5.92 Å². The Bertz CT molecular complexity index is 2040. The van der Waals surface area contributed by atoms with E-state index >= 15 is 0 Å². The topological polar surface area (TPSA) is 239 Å². The fourth-order valence-corrected chi connectivity index (χ4v) is 8.74. The minimum Gasteiger partial charge on any atom is -0.495 e. The Hall–Kier alpha value is -5.25. The molecule has 1 aliphatic carbocycles. The Labute approximate surface area is 441 Å². The number of fused-ring (bicyclic) bond motifs is 4. The maximum Gasteiger partial charge on any atom is 0.407 e. The molecule has 0 aromatic heterocycles. The Morgan fingerprint density at radius 2 is 1.59 bits per heavy atom. The molecule has 2 unspecified atom stereocenters. The maximum atomic E-state index is 14.0. The molecule has 21 heteroatoms. The van der Waals surface area contributed by atoms with E-state index in [1.807, 2.05) is 32.1 Å². The molecule has 5 amide bonds. The number of likely N-dealkylation sites (N-methyl/N-ethyl adjacent to an activating group) is 1. The quantitative estimate of drug-likeness (QED) is 0.0418. The SMILES string of the molecule is COc1cc2cc(c1Cl)N(C)C(=O)C[C@H](OC(=O)CN(C)C(=O)CCCNC(=O)CCOCCOCCOCCOCCNC(=O)OC1CC/C=C/CCC1)[C@H](O)C[C@H](C)[C@@H]1CC(C/C=C/C=C(\C)C2)NC(=O)O1. The molecule has 1 saturated heterocycles. The summed E-state index contributed by atoms with van der Waals surface area (Å²) in [6, 6.07) is 3.38. The number of aliphatic hydroxyl groups excluding tert-OH is 1. The van der Waals surface area contributed by atoms with Gasteiger partial charge in [0.05, 0.1) is 78.2 Å². The van der Waals surface area contributed by atoms with Gasteiger partial charge in [0.1, 0.15) is 35.6 Å². The monoisotopic (exact) mass is 1060 g/mol. The normalized spacial score (nSPS) is 23.3. The predicted molar refractivity (Wildman–Crippen MR) is 277 cm³/mol. The lowest BCUT2D eigenvalue weighted by Crippen LogP contribution is -2.48. The van der Waals surface area contributed by atoms with Crippen LogP contribution < -0.4 is 25.6 Å². The average Bonchev–Trinajstić information content (AvgIpc) is 3.35. The molecule has 0 saturated carbocycles. The number of aliphatic hydroxyl groups is 1. The highest BCUT2D eigenvalue weighted by Gasteiger charge is 2.36. The largest absolute Gasteiger partial charge is 0.495 e. The van der Waals surface area contributed by atoms with Gasteiger partial charge in [-0.3, -0.25) is 19.2 Å². The summed E-state index contributed by atoms with van der Waals surface area (Å²) in [5.74, 6) is -2.00. The molecule has 4 N–H and O–H groups in total. The van der Waals surface area contributed by atoms with E-state index in [-0.39, 0.29) is 67.3 Å². The second kappa shape index (κ2) is 34.3.